The fourth-order valence-corrected chi connectivity index (χ4v) is 3.70. The van der Waals surface area contributed by atoms with E-state index in [1.807, 2.05) is 25.0 Å². The van der Waals surface area contributed by atoms with Crippen LogP contribution in [-0.2, 0) is 9.54 Å². The Morgan fingerprint density at radius 2 is 1.85 bits per heavy atom. The first-order valence-electron chi connectivity index (χ1n) is 8.91. The SMILES string of the molecule is CSC(C)(C)c1nc(SCCC(=O)N2CCCCC2)n(C(=O)N(C)C)n1. The molecule has 0 radical (unpaired) electrons. The van der Waals surface area contributed by atoms with Gasteiger partial charge in [0.1, 0.15) is 0 Å². The molecule has 146 valence electrons. The van der Waals surface area contributed by atoms with Crippen molar-refractivity contribution in [2.24, 2.45) is 0 Å². The molecule has 1 aromatic rings. The summed E-state index contributed by atoms with van der Waals surface area (Å²) in [6.45, 7) is 5.80. The highest BCUT2D eigenvalue weighted by Gasteiger charge is 2.28. The number of thioether (sulfide) groups is 2. The summed E-state index contributed by atoms with van der Waals surface area (Å²) in [5, 5.41) is 4.99. The van der Waals surface area contributed by atoms with Gasteiger partial charge in [-0.3, -0.25) is 4.79 Å². The number of nitrogens with zero attached hydrogens (tertiary/aromatic N) is 5. The zero-order valence-corrected chi connectivity index (χ0v) is 18.0. The molecule has 26 heavy (non-hydrogen) atoms. The number of rotatable bonds is 6. The van der Waals surface area contributed by atoms with Gasteiger partial charge in [0.05, 0.1) is 4.75 Å². The van der Waals surface area contributed by atoms with Gasteiger partial charge in [0.25, 0.3) is 0 Å². The molecule has 0 bridgehead atoms. The Bertz CT molecular complexity index is 639. The molecular formula is C17H29N5O2S2. The third-order valence-electron chi connectivity index (χ3n) is 4.45. The van der Waals surface area contributed by atoms with Crippen molar-refractivity contribution in [3.8, 4) is 0 Å². The Labute approximate surface area is 164 Å². The van der Waals surface area contributed by atoms with Crippen LogP contribution in [0.5, 0.6) is 0 Å². The van der Waals surface area contributed by atoms with Crippen LogP contribution in [0.1, 0.15) is 45.4 Å². The van der Waals surface area contributed by atoms with Gasteiger partial charge < -0.3 is 9.80 Å². The van der Waals surface area contributed by atoms with Crippen LogP contribution in [0.15, 0.2) is 5.16 Å². The lowest BCUT2D eigenvalue weighted by molar-refractivity contribution is -0.131. The van der Waals surface area contributed by atoms with Crippen LogP contribution in [0.25, 0.3) is 0 Å². The lowest BCUT2D eigenvalue weighted by Gasteiger charge is -2.26. The van der Waals surface area contributed by atoms with Gasteiger partial charge >= 0.3 is 6.03 Å². The Morgan fingerprint density at radius 1 is 1.19 bits per heavy atom. The summed E-state index contributed by atoms with van der Waals surface area (Å²) in [5.41, 5.74) is 0. The van der Waals surface area contributed by atoms with Gasteiger partial charge in [-0.1, -0.05) is 11.8 Å². The quantitative estimate of drug-likeness (QED) is 0.685. The van der Waals surface area contributed by atoms with E-state index in [-0.39, 0.29) is 16.7 Å². The van der Waals surface area contributed by atoms with Gasteiger partial charge in [0.2, 0.25) is 5.91 Å². The highest BCUT2D eigenvalue weighted by atomic mass is 32.2. The number of carbonyl (C=O) groups excluding carboxylic acids is 2. The molecule has 0 aliphatic carbocycles. The monoisotopic (exact) mass is 399 g/mol. The van der Waals surface area contributed by atoms with Crippen LogP contribution < -0.4 is 0 Å². The number of piperidine rings is 1. The minimum Gasteiger partial charge on any atom is -0.343 e. The molecule has 0 unspecified atom stereocenters. The molecule has 1 saturated heterocycles. The summed E-state index contributed by atoms with van der Waals surface area (Å²) in [4.78, 5) is 32.8. The van der Waals surface area contributed by atoms with E-state index in [2.05, 4.69) is 10.1 Å². The van der Waals surface area contributed by atoms with Crippen LogP contribution in [0.3, 0.4) is 0 Å². The molecule has 1 aromatic heterocycles. The number of aromatic nitrogens is 3. The normalized spacial score (nSPS) is 15.2. The minimum atomic E-state index is -0.281. The number of hydrogen-bond acceptors (Lipinski definition) is 6. The molecule has 7 nitrogen and oxygen atoms in total. The van der Waals surface area contributed by atoms with Crippen molar-refractivity contribution in [3.05, 3.63) is 5.82 Å². The second-order valence-corrected chi connectivity index (χ2v) is 9.55. The van der Waals surface area contributed by atoms with Gasteiger partial charge in [0, 0.05) is 39.4 Å². The van der Waals surface area contributed by atoms with Gasteiger partial charge in [-0.2, -0.15) is 16.4 Å². The highest BCUT2D eigenvalue weighted by Crippen LogP contribution is 2.32. The lowest BCUT2D eigenvalue weighted by atomic mass is 10.1. The Hall–Kier alpha value is -1.22. The molecule has 0 spiro atoms. The van der Waals surface area contributed by atoms with Crippen molar-refractivity contribution in [1.82, 2.24) is 24.6 Å². The van der Waals surface area contributed by atoms with E-state index in [1.54, 1.807) is 25.9 Å². The second kappa shape index (κ2) is 9.12. The maximum absolute atomic E-state index is 12.4. The van der Waals surface area contributed by atoms with Crippen molar-refractivity contribution in [1.29, 1.82) is 0 Å². The summed E-state index contributed by atoms with van der Waals surface area (Å²) in [7, 11) is 3.38. The topological polar surface area (TPSA) is 71.3 Å². The number of likely N-dealkylation sites (tertiary alicyclic amines) is 1. The van der Waals surface area contributed by atoms with E-state index < -0.39 is 0 Å². The first kappa shape index (κ1) is 21.1. The molecule has 9 heteroatoms. The first-order chi connectivity index (χ1) is 12.3. The third-order valence-corrected chi connectivity index (χ3v) is 6.58. The lowest BCUT2D eigenvalue weighted by Crippen LogP contribution is -2.35. The average molecular weight is 400 g/mol. The van der Waals surface area contributed by atoms with Gasteiger partial charge in [0.15, 0.2) is 11.0 Å². The Balaban J connectivity index is 2.06. The van der Waals surface area contributed by atoms with Crippen molar-refractivity contribution < 1.29 is 9.59 Å². The number of carbonyl (C=O) groups is 2. The maximum atomic E-state index is 12.4. The molecular weight excluding hydrogens is 370 g/mol. The molecule has 1 aliphatic heterocycles. The molecule has 2 heterocycles. The molecule has 0 aromatic carbocycles. The molecule has 1 aliphatic rings. The van der Waals surface area contributed by atoms with Gasteiger partial charge in [-0.25, -0.2) is 9.78 Å². The van der Waals surface area contributed by atoms with E-state index in [0.717, 1.165) is 25.9 Å². The molecule has 0 saturated carbocycles. The van der Waals surface area contributed by atoms with E-state index in [0.29, 0.717) is 23.2 Å². The molecule has 2 rings (SSSR count). The van der Waals surface area contributed by atoms with Crippen LogP contribution >= 0.6 is 23.5 Å². The van der Waals surface area contributed by atoms with E-state index in [9.17, 15) is 9.59 Å². The first-order valence-corrected chi connectivity index (χ1v) is 11.1. The fraction of sp³-hybridized carbons (Fsp3) is 0.765. The molecule has 0 atom stereocenters. The zero-order chi connectivity index (χ0) is 19.3. The van der Waals surface area contributed by atoms with Crippen LogP contribution in [0.2, 0.25) is 0 Å². The summed E-state index contributed by atoms with van der Waals surface area (Å²) in [6.07, 6.45) is 5.85. The summed E-state index contributed by atoms with van der Waals surface area (Å²) in [5.74, 6) is 1.41. The summed E-state index contributed by atoms with van der Waals surface area (Å²) < 4.78 is 1.07. The zero-order valence-electron chi connectivity index (χ0n) is 16.3. The standard InChI is InChI=1S/C17H29N5O2S2/c1-17(2,25-5)14-18-15(22(19-14)16(24)20(3)4)26-12-9-13(23)21-10-7-6-8-11-21/h6-12H2,1-5H3. The second-order valence-electron chi connectivity index (χ2n) is 7.06. The Kier molecular flexibility index (Phi) is 7.40. The van der Waals surface area contributed by atoms with Crippen molar-refractivity contribution in [3.63, 3.8) is 0 Å². The van der Waals surface area contributed by atoms with Crippen molar-refractivity contribution in [2.45, 2.75) is 49.4 Å². The van der Waals surface area contributed by atoms with E-state index in [4.69, 9.17) is 0 Å². The maximum Gasteiger partial charge on any atom is 0.346 e. The Morgan fingerprint density at radius 3 is 2.42 bits per heavy atom. The predicted molar refractivity (Wildman–Crippen MR) is 107 cm³/mol. The molecule has 1 fully saturated rings. The van der Waals surface area contributed by atoms with Crippen LogP contribution in [0, 0.1) is 0 Å². The number of amides is 2. The van der Waals surface area contributed by atoms with E-state index >= 15 is 0 Å². The van der Waals surface area contributed by atoms with Crippen molar-refractivity contribution in [2.75, 3.05) is 39.2 Å². The fourth-order valence-electron chi connectivity index (χ4n) is 2.58. The smallest absolute Gasteiger partial charge is 0.343 e. The van der Waals surface area contributed by atoms with Crippen molar-refractivity contribution >= 4 is 35.5 Å². The number of hydrogen-bond donors (Lipinski definition) is 0. The van der Waals surface area contributed by atoms with Gasteiger partial charge in [-0.15, -0.1) is 5.10 Å². The third kappa shape index (κ3) is 5.16. The summed E-state index contributed by atoms with van der Waals surface area (Å²) >= 11 is 3.05. The van der Waals surface area contributed by atoms with Crippen LogP contribution in [0.4, 0.5) is 4.79 Å². The molecule has 0 N–H and O–H groups in total. The average Bonchev–Trinajstić information content (AvgIpc) is 3.06. The van der Waals surface area contributed by atoms with Crippen LogP contribution in [-0.4, -0.2) is 75.7 Å². The largest absolute Gasteiger partial charge is 0.346 e. The molecule has 2 amide bonds. The van der Waals surface area contributed by atoms with E-state index in [1.165, 1.54) is 27.8 Å². The van der Waals surface area contributed by atoms with Gasteiger partial charge in [-0.05, 0) is 39.4 Å². The minimum absolute atomic E-state index is 0.187. The summed E-state index contributed by atoms with van der Waals surface area (Å²) in [6, 6.07) is -0.231. The predicted octanol–water partition coefficient (Wildman–Crippen LogP) is 2.90. The highest BCUT2D eigenvalue weighted by molar-refractivity contribution is 7.99.